The highest BCUT2D eigenvalue weighted by Gasteiger charge is 2.12. The van der Waals surface area contributed by atoms with Crippen LogP contribution in [0.5, 0.6) is 11.5 Å². The van der Waals surface area contributed by atoms with E-state index in [1.54, 1.807) is 6.21 Å². The average molecular weight is 621 g/mol. The van der Waals surface area contributed by atoms with Gasteiger partial charge in [0.25, 0.3) is 0 Å². The predicted octanol–water partition coefficient (Wildman–Crippen LogP) is 6.34. The zero-order valence-electron chi connectivity index (χ0n) is 18.8. The fourth-order valence-electron chi connectivity index (χ4n) is 3.24. The highest BCUT2D eigenvalue weighted by molar-refractivity contribution is 14.1. The third kappa shape index (κ3) is 7.57. The number of benzene rings is 3. The van der Waals surface area contributed by atoms with Gasteiger partial charge in [-0.25, -0.2) is 5.43 Å². The molecule has 0 aliphatic heterocycles. The van der Waals surface area contributed by atoms with Gasteiger partial charge in [-0.3, -0.25) is 4.79 Å². The van der Waals surface area contributed by atoms with Crippen LogP contribution < -0.4 is 14.9 Å². The number of hydrazone groups is 1. The normalized spacial score (nSPS) is 10.9. The highest BCUT2D eigenvalue weighted by Crippen LogP contribution is 2.34. The Morgan fingerprint density at radius 3 is 2.55 bits per heavy atom. The van der Waals surface area contributed by atoms with Crippen molar-refractivity contribution in [3.8, 4) is 11.5 Å². The van der Waals surface area contributed by atoms with E-state index in [0.717, 1.165) is 30.3 Å². The van der Waals surface area contributed by atoms with E-state index in [1.807, 2.05) is 69.3 Å². The van der Waals surface area contributed by atoms with Gasteiger partial charge in [-0.05, 0) is 89.9 Å². The van der Waals surface area contributed by atoms with Crippen LogP contribution in [0.1, 0.15) is 34.7 Å². The van der Waals surface area contributed by atoms with Crippen LogP contribution in [0.15, 0.2) is 64.2 Å². The van der Waals surface area contributed by atoms with Crippen molar-refractivity contribution in [3.63, 3.8) is 0 Å². The molecule has 1 amide bonds. The van der Waals surface area contributed by atoms with Crippen LogP contribution in [-0.2, 0) is 17.8 Å². The Balaban J connectivity index is 1.66. The number of halogens is 2. The van der Waals surface area contributed by atoms with Crippen LogP contribution in [-0.4, -0.2) is 18.7 Å². The van der Waals surface area contributed by atoms with Crippen LogP contribution in [0.3, 0.4) is 0 Å². The molecule has 1 N–H and O–H groups in total. The Kier molecular flexibility index (Phi) is 9.31. The van der Waals surface area contributed by atoms with Crippen LogP contribution in [0, 0.1) is 17.4 Å². The van der Waals surface area contributed by atoms with Crippen molar-refractivity contribution in [3.05, 3.63) is 90.5 Å². The molecule has 0 atom stereocenters. The SMILES string of the molecule is CCOc1cc(/C=N/NC(=O)Cc2ccc(C)cc2C)cc(I)c1OCc1ccc(Br)cc1. The molecule has 3 aromatic rings. The first-order valence-corrected chi connectivity index (χ1v) is 12.4. The summed E-state index contributed by atoms with van der Waals surface area (Å²) >= 11 is 5.67. The lowest BCUT2D eigenvalue weighted by atomic mass is 10.0. The van der Waals surface area contributed by atoms with Gasteiger partial charge in [0.15, 0.2) is 11.5 Å². The zero-order chi connectivity index (χ0) is 23.8. The Morgan fingerprint density at radius 1 is 1.09 bits per heavy atom. The van der Waals surface area contributed by atoms with E-state index in [9.17, 15) is 4.79 Å². The van der Waals surface area contributed by atoms with Crippen molar-refractivity contribution in [2.45, 2.75) is 33.8 Å². The Morgan fingerprint density at radius 2 is 1.85 bits per heavy atom. The standard InChI is InChI=1S/C26H26BrIN2O3/c1-4-32-24-13-20(12-23(28)26(24)33-16-19-6-9-22(27)10-7-19)15-29-30-25(31)14-21-8-5-17(2)11-18(21)3/h5-13,15H,4,14,16H2,1-3H3,(H,30,31)/b29-15+. The first-order chi connectivity index (χ1) is 15.9. The fourth-order valence-corrected chi connectivity index (χ4v) is 4.28. The molecule has 0 spiro atoms. The van der Waals surface area contributed by atoms with Crippen molar-refractivity contribution in [1.29, 1.82) is 0 Å². The second-order valence-corrected chi connectivity index (χ2v) is 9.66. The molecular formula is C26H26BrIN2O3. The molecule has 0 saturated carbocycles. The van der Waals surface area contributed by atoms with Crippen LogP contribution >= 0.6 is 38.5 Å². The first kappa shape index (κ1) is 25.2. The number of hydrogen-bond acceptors (Lipinski definition) is 4. The summed E-state index contributed by atoms with van der Waals surface area (Å²) in [5.41, 5.74) is 7.76. The number of hydrogen-bond donors (Lipinski definition) is 1. The molecule has 0 unspecified atom stereocenters. The second kappa shape index (κ2) is 12.2. The predicted molar refractivity (Wildman–Crippen MR) is 144 cm³/mol. The molecule has 0 aliphatic carbocycles. The number of carbonyl (C=O) groups excluding carboxylic acids is 1. The van der Waals surface area contributed by atoms with Gasteiger partial charge in [0.05, 0.1) is 22.8 Å². The van der Waals surface area contributed by atoms with Crippen LogP contribution in [0.4, 0.5) is 0 Å². The van der Waals surface area contributed by atoms with Crippen molar-refractivity contribution in [1.82, 2.24) is 5.43 Å². The average Bonchev–Trinajstić information content (AvgIpc) is 2.76. The zero-order valence-corrected chi connectivity index (χ0v) is 22.6. The number of nitrogens with zero attached hydrogens (tertiary/aromatic N) is 1. The van der Waals surface area contributed by atoms with Crippen molar-refractivity contribution in [2.24, 2.45) is 5.10 Å². The lowest BCUT2D eigenvalue weighted by Gasteiger charge is -2.15. The van der Waals surface area contributed by atoms with Gasteiger partial charge >= 0.3 is 0 Å². The summed E-state index contributed by atoms with van der Waals surface area (Å²) < 4.78 is 13.8. The summed E-state index contributed by atoms with van der Waals surface area (Å²) in [5.74, 6) is 1.17. The fraction of sp³-hybridized carbons (Fsp3) is 0.231. The van der Waals surface area contributed by atoms with Gasteiger partial charge in [0.1, 0.15) is 6.61 Å². The molecular weight excluding hydrogens is 595 g/mol. The minimum Gasteiger partial charge on any atom is -0.490 e. The smallest absolute Gasteiger partial charge is 0.244 e. The molecule has 0 aromatic heterocycles. The first-order valence-electron chi connectivity index (χ1n) is 10.6. The molecule has 3 aromatic carbocycles. The summed E-state index contributed by atoms with van der Waals surface area (Å²) in [4.78, 5) is 12.3. The molecule has 3 rings (SSSR count). The van der Waals surface area contributed by atoms with E-state index in [-0.39, 0.29) is 12.3 Å². The molecule has 0 fully saturated rings. The maximum absolute atomic E-state index is 12.3. The molecule has 0 heterocycles. The summed E-state index contributed by atoms with van der Waals surface area (Å²) in [5, 5.41) is 4.13. The quantitative estimate of drug-likeness (QED) is 0.173. The summed E-state index contributed by atoms with van der Waals surface area (Å²) in [6, 6.07) is 17.9. The van der Waals surface area contributed by atoms with Gasteiger partial charge in [0.2, 0.25) is 5.91 Å². The molecule has 7 heteroatoms. The van der Waals surface area contributed by atoms with Crippen molar-refractivity contribution >= 4 is 50.6 Å². The highest BCUT2D eigenvalue weighted by atomic mass is 127. The minimum absolute atomic E-state index is 0.160. The molecule has 0 radical (unpaired) electrons. The second-order valence-electron chi connectivity index (χ2n) is 7.58. The Hall–Kier alpha value is -2.39. The van der Waals surface area contributed by atoms with E-state index >= 15 is 0 Å². The van der Waals surface area contributed by atoms with Gasteiger partial charge in [0, 0.05) is 4.47 Å². The van der Waals surface area contributed by atoms with Gasteiger partial charge in [-0.15, -0.1) is 0 Å². The maximum atomic E-state index is 12.3. The number of rotatable bonds is 9. The monoisotopic (exact) mass is 620 g/mol. The van der Waals surface area contributed by atoms with Crippen molar-refractivity contribution in [2.75, 3.05) is 6.61 Å². The van der Waals surface area contributed by atoms with E-state index in [0.29, 0.717) is 24.7 Å². The lowest BCUT2D eigenvalue weighted by molar-refractivity contribution is -0.120. The number of amides is 1. The number of ether oxygens (including phenoxy) is 2. The van der Waals surface area contributed by atoms with E-state index < -0.39 is 0 Å². The Labute approximate surface area is 216 Å². The van der Waals surface area contributed by atoms with Gasteiger partial charge in [-0.2, -0.15) is 5.10 Å². The molecule has 0 bridgehead atoms. The number of carbonyl (C=O) groups is 1. The number of aryl methyl sites for hydroxylation is 2. The molecule has 5 nitrogen and oxygen atoms in total. The van der Waals surface area contributed by atoms with E-state index in [2.05, 4.69) is 55.1 Å². The minimum atomic E-state index is -0.160. The molecule has 0 aliphatic rings. The van der Waals surface area contributed by atoms with Crippen LogP contribution in [0.2, 0.25) is 0 Å². The van der Waals surface area contributed by atoms with Gasteiger partial charge < -0.3 is 9.47 Å². The summed E-state index contributed by atoms with van der Waals surface area (Å²) in [7, 11) is 0. The molecule has 33 heavy (non-hydrogen) atoms. The van der Waals surface area contributed by atoms with E-state index in [1.165, 1.54) is 5.56 Å². The third-order valence-corrected chi connectivity index (χ3v) is 6.21. The van der Waals surface area contributed by atoms with Gasteiger partial charge in [-0.1, -0.05) is 51.8 Å². The third-order valence-electron chi connectivity index (χ3n) is 4.88. The Bertz CT molecular complexity index is 1150. The summed E-state index contributed by atoms with van der Waals surface area (Å²) in [6.45, 7) is 6.93. The lowest BCUT2D eigenvalue weighted by Crippen LogP contribution is -2.20. The van der Waals surface area contributed by atoms with Crippen LogP contribution in [0.25, 0.3) is 0 Å². The largest absolute Gasteiger partial charge is 0.490 e. The van der Waals surface area contributed by atoms with Crippen molar-refractivity contribution < 1.29 is 14.3 Å². The maximum Gasteiger partial charge on any atom is 0.244 e. The summed E-state index contributed by atoms with van der Waals surface area (Å²) in [6.07, 6.45) is 1.90. The number of nitrogens with one attached hydrogen (secondary N) is 1. The van der Waals surface area contributed by atoms with E-state index in [4.69, 9.17) is 9.47 Å². The molecule has 172 valence electrons. The molecule has 0 saturated heterocycles. The topological polar surface area (TPSA) is 59.9 Å².